The van der Waals surface area contributed by atoms with Crippen LogP contribution in [0, 0.1) is 6.92 Å². The second-order valence-corrected chi connectivity index (χ2v) is 3.43. The van der Waals surface area contributed by atoms with Crippen molar-refractivity contribution in [3.05, 3.63) is 35.0 Å². The predicted molar refractivity (Wildman–Crippen MR) is 55.5 cm³/mol. The number of benzene rings is 1. The monoisotopic (exact) mass is 208 g/mol. The molecule has 5 heteroatoms. The highest BCUT2D eigenvalue weighted by molar-refractivity contribution is 6.31. The highest BCUT2D eigenvalue weighted by atomic mass is 35.5. The van der Waals surface area contributed by atoms with Crippen LogP contribution in [0.15, 0.2) is 24.4 Å². The van der Waals surface area contributed by atoms with Gasteiger partial charge in [-0.2, -0.15) is 0 Å². The van der Waals surface area contributed by atoms with Crippen molar-refractivity contribution in [2.24, 2.45) is 0 Å². The summed E-state index contributed by atoms with van der Waals surface area (Å²) in [5.41, 5.74) is 7.34. The van der Waals surface area contributed by atoms with Crippen molar-refractivity contribution in [2.75, 3.05) is 5.73 Å². The van der Waals surface area contributed by atoms with Crippen LogP contribution < -0.4 is 5.73 Å². The molecule has 2 aromatic rings. The van der Waals surface area contributed by atoms with Gasteiger partial charge in [0.25, 0.3) is 0 Å². The molecule has 0 unspecified atom stereocenters. The SMILES string of the molecule is Cc1ccc(-n2cc(N)nn2)cc1Cl. The van der Waals surface area contributed by atoms with Crippen LogP contribution in [-0.4, -0.2) is 15.0 Å². The van der Waals surface area contributed by atoms with Gasteiger partial charge in [-0.15, -0.1) is 5.10 Å². The van der Waals surface area contributed by atoms with E-state index in [0.29, 0.717) is 10.8 Å². The molecule has 72 valence electrons. The van der Waals surface area contributed by atoms with E-state index in [0.717, 1.165) is 11.3 Å². The van der Waals surface area contributed by atoms with Gasteiger partial charge >= 0.3 is 0 Å². The van der Waals surface area contributed by atoms with Crippen LogP contribution in [0.1, 0.15) is 5.56 Å². The van der Waals surface area contributed by atoms with E-state index < -0.39 is 0 Å². The Hall–Kier alpha value is -1.55. The molecule has 0 amide bonds. The van der Waals surface area contributed by atoms with Gasteiger partial charge in [0.05, 0.1) is 11.9 Å². The number of nitrogens with two attached hydrogens (primary N) is 1. The van der Waals surface area contributed by atoms with Gasteiger partial charge < -0.3 is 5.73 Å². The van der Waals surface area contributed by atoms with E-state index in [-0.39, 0.29) is 0 Å². The molecule has 0 aliphatic heterocycles. The molecule has 0 radical (unpaired) electrons. The molecule has 0 saturated heterocycles. The molecule has 4 nitrogen and oxygen atoms in total. The molecule has 0 atom stereocenters. The minimum atomic E-state index is 0.390. The molecule has 14 heavy (non-hydrogen) atoms. The van der Waals surface area contributed by atoms with Crippen LogP contribution in [0.2, 0.25) is 5.02 Å². The van der Waals surface area contributed by atoms with E-state index in [1.54, 1.807) is 10.9 Å². The number of nitrogens with zero attached hydrogens (tertiary/aromatic N) is 3. The molecule has 0 saturated carbocycles. The molecule has 0 aliphatic carbocycles. The van der Waals surface area contributed by atoms with Gasteiger partial charge in [0.15, 0.2) is 5.82 Å². The second kappa shape index (κ2) is 3.31. The van der Waals surface area contributed by atoms with Crippen LogP contribution in [0.4, 0.5) is 5.82 Å². The fourth-order valence-corrected chi connectivity index (χ4v) is 1.30. The molecule has 0 aliphatic rings. The molecule has 2 N–H and O–H groups in total. The van der Waals surface area contributed by atoms with Crippen LogP contribution in [0.3, 0.4) is 0 Å². The van der Waals surface area contributed by atoms with Crippen molar-refractivity contribution >= 4 is 17.4 Å². The zero-order valence-corrected chi connectivity index (χ0v) is 8.36. The number of rotatable bonds is 1. The molecule has 1 aromatic heterocycles. The molecule has 0 bridgehead atoms. The number of halogens is 1. The van der Waals surface area contributed by atoms with Crippen molar-refractivity contribution in [3.63, 3.8) is 0 Å². The van der Waals surface area contributed by atoms with Gasteiger partial charge in [0.2, 0.25) is 0 Å². The summed E-state index contributed by atoms with van der Waals surface area (Å²) in [5, 5.41) is 8.24. The van der Waals surface area contributed by atoms with E-state index in [4.69, 9.17) is 17.3 Å². The van der Waals surface area contributed by atoms with Gasteiger partial charge in [0, 0.05) is 5.02 Å². The first-order chi connectivity index (χ1) is 6.66. The summed E-state index contributed by atoms with van der Waals surface area (Å²) in [7, 11) is 0. The Morgan fingerprint density at radius 1 is 1.43 bits per heavy atom. The maximum atomic E-state index is 5.98. The van der Waals surface area contributed by atoms with Crippen molar-refractivity contribution in [1.82, 2.24) is 15.0 Å². The summed E-state index contributed by atoms with van der Waals surface area (Å²) < 4.78 is 1.58. The first kappa shape index (κ1) is 9.02. The van der Waals surface area contributed by atoms with Crippen molar-refractivity contribution in [2.45, 2.75) is 6.92 Å². The van der Waals surface area contributed by atoms with Crippen LogP contribution in [0.25, 0.3) is 5.69 Å². The Bertz CT molecular complexity index is 464. The zero-order chi connectivity index (χ0) is 10.1. The van der Waals surface area contributed by atoms with E-state index >= 15 is 0 Å². The van der Waals surface area contributed by atoms with Gasteiger partial charge in [-0.3, -0.25) is 0 Å². The van der Waals surface area contributed by atoms with Crippen molar-refractivity contribution < 1.29 is 0 Å². The number of aryl methyl sites for hydroxylation is 1. The maximum absolute atomic E-state index is 5.98. The maximum Gasteiger partial charge on any atom is 0.166 e. The fourth-order valence-electron chi connectivity index (χ4n) is 1.13. The average Bonchev–Trinajstić information content (AvgIpc) is 2.57. The van der Waals surface area contributed by atoms with Crippen molar-refractivity contribution in [3.8, 4) is 5.69 Å². The summed E-state index contributed by atoms with van der Waals surface area (Å²) in [6.07, 6.45) is 1.64. The Morgan fingerprint density at radius 2 is 2.21 bits per heavy atom. The van der Waals surface area contributed by atoms with Crippen LogP contribution in [0.5, 0.6) is 0 Å². The summed E-state index contributed by atoms with van der Waals surface area (Å²) in [4.78, 5) is 0. The average molecular weight is 209 g/mol. The van der Waals surface area contributed by atoms with E-state index in [1.165, 1.54) is 0 Å². The highest BCUT2D eigenvalue weighted by Gasteiger charge is 2.01. The molecular formula is C9H9ClN4. The van der Waals surface area contributed by atoms with E-state index in [2.05, 4.69) is 10.3 Å². The lowest BCUT2D eigenvalue weighted by atomic mass is 10.2. The standard InChI is InChI=1S/C9H9ClN4/c1-6-2-3-7(4-8(6)10)14-5-9(11)12-13-14/h2-5H,11H2,1H3. The van der Waals surface area contributed by atoms with Crippen molar-refractivity contribution in [1.29, 1.82) is 0 Å². The van der Waals surface area contributed by atoms with E-state index in [1.807, 2.05) is 25.1 Å². The smallest absolute Gasteiger partial charge is 0.166 e. The molecular weight excluding hydrogens is 200 g/mol. The number of hydrogen-bond donors (Lipinski definition) is 1. The molecule has 1 heterocycles. The Labute approximate surface area is 86.3 Å². The first-order valence-electron chi connectivity index (χ1n) is 4.11. The summed E-state index contributed by atoms with van der Waals surface area (Å²) in [5.74, 6) is 0.390. The lowest BCUT2D eigenvalue weighted by Crippen LogP contribution is -1.95. The summed E-state index contributed by atoms with van der Waals surface area (Å²) in [6.45, 7) is 1.95. The third kappa shape index (κ3) is 1.56. The molecule has 1 aromatic carbocycles. The van der Waals surface area contributed by atoms with Crippen LogP contribution >= 0.6 is 11.6 Å². The van der Waals surface area contributed by atoms with E-state index in [9.17, 15) is 0 Å². The third-order valence-electron chi connectivity index (χ3n) is 1.93. The van der Waals surface area contributed by atoms with Crippen LogP contribution in [-0.2, 0) is 0 Å². The minimum Gasteiger partial charge on any atom is -0.381 e. The summed E-state index contributed by atoms with van der Waals surface area (Å²) in [6, 6.07) is 5.66. The van der Waals surface area contributed by atoms with Gasteiger partial charge in [0.1, 0.15) is 0 Å². The van der Waals surface area contributed by atoms with Gasteiger partial charge in [-0.1, -0.05) is 22.9 Å². The predicted octanol–water partition coefficient (Wildman–Crippen LogP) is 1.81. The van der Waals surface area contributed by atoms with Gasteiger partial charge in [-0.05, 0) is 24.6 Å². The lowest BCUT2D eigenvalue weighted by molar-refractivity contribution is 0.804. The Balaban J connectivity index is 2.47. The number of anilines is 1. The molecule has 2 rings (SSSR count). The normalized spacial score (nSPS) is 10.4. The largest absolute Gasteiger partial charge is 0.381 e. The topological polar surface area (TPSA) is 56.7 Å². The first-order valence-corrected chi connectivity index (χ1v) is 4.49. The van der Waals surface area contributed by atoms with Gasteiger partial charge in [-0.25, -0.2) is 4.68 Å². The summed E-state index contributed by atoms with van der Waals surface area (Å²) >= 11 is 5.98. The number of nitrogen functional groups attached to an aromatic ring is 1. The molecule has 0 spiro atoms. The number of hydrogen-bond acceptors (Lipinski definition) is 3. The Kier molecular flexibility index (Phi) is 2.13. The number of aromatic nitrogens is 3. The zero-order valence-electron chi connectivity index (χ0n) is 7.61. The fraction of sp³-hybridized carbons (Fsp3) is 0.111. The highest BCUT2D eigenvalue weighted by Crippen LogP contribution is 2.18. The minimum absolute atomic E-state index is 0.390. The quantitative estimate of drug-likeness (QED) is 0.778. The third-order valence-corrected chi connectivity index (χ3v) is 2.34. The molecule has 0 fully saturated rings. The lowest BCUT2D eigenvalue weighted by Gasteiger charge is -2.02. The second-order valence-electron chi connectivity index (χ2n) is 3.02. The Morgan fingerprint density at radius 3 is 2.79 bits per heavy atom.